The second-order valence-corrected chi connectivity index (χ2v) is 9.56. The van der Waals surface area contributed by atoms with Crippen LogP contribution in [0, 0.1) is 29.6 Å². The summed E-state index contributed by atoms with van der Waals surface area (Å²) in [5.41, 5.74) is 2.20. The topological polar surface area (TPSA) is 37.3 Å². The molecule has 26 heavy (non-hydrogen) atoms. The summed E-state index contributed by atoms with van der Waals surface area (Å²) in [4.78, 5) is 12.4. The Bertz CT molecular complexity index is 735. The maximum absolute atomic E-state index is 12.4. The largest absolute Gasteiger partial charge is 0.508 e. The number of ketones is 1. The second kappa shape index (κ2) is 6.76. The van der Waals surface area contributed by atoms with Crippen LogP contribution >= 0.6 is 0 Å². The van der Waals surface area contributed by atoms with Crippen molar-refractivity contribution in [1.82, 2.24) is 0 Å². The second-order valence-electron chi connectivity index (χ2n) is 9.56. The first-order valence-corrected chi connectivity index (χ1v) is 9.98. The van der Waals surface area contributed by atoms with Crippen LogP contribution in [0.5, 0.6) is 5.75 Å². The van der Waals surface area contributed by atoms with Crippen molar-refractivity contribution in [2.24, 2.45) is 17.3 Å². The zero-order valence-electron chi connectivity index (χ0n) is 16.6. The molecule has 0 aliphatic heterocycles. The van der Waals surface area contributed by atoms with Crippen LogP contribution in [0.4, 0.5) is 0 Å². The van der Waals surface area contributed by atoms with Crippen LogP contribution in [0.2, 0.25) is 0 Å². The maximum atomic E-state index is 12.4. The smallest absolute Gasteiger partial charge is 0.137 e. The molecule has 1 N–H and O–H groups in total. The predicted molar refractivity (Wildman–Crippen MR) is 106 cm³/mol. The molecule has 3 atom stereocenters. The summed E-state index contributed by atoms with van der Waals surface area (Å²) >= 11 is 0. The van der Waals surface area contributed by atoms with Crippen molar-refractivity contribution in [3.05, 3.63) is 29.3 Å². The molecule has 1 unspecified atom stereocenters. The molecule has 0 spiro atoms. The number of phenols is 1. The molecule has 3 fully saturated rings. The van der Waals surface area contributed by atoms with Gasteiger partial charge in [-0.25, -0.2) is 0 Å². The highest BCUT2D eigenvalue weighted by Crippen LogP contribution is 2.63. The standard InChI is InChI=1S/C24H32O2/c1-6-7-8-9-12-23(2,3)16-10-11-17(21(25)13-16)18-14-22(26)20-15-19(18)24(20,4)5/h1,10-11,13,18-20,25H,7-9,12,14-15H2,2-5H3/t18-,19+,20?/m1/s1. The fourth-order valence-electron chi connectivity index (χ4n) is 5.23. The van der Waals surface area contributed by atoms with E-state index in [9.17, 15) is 9.90 Å². The number of aromatic hydroxyl groups is 1. The van der Waals surface area contributed by atoms with Crippen molar-refractivity contribution in [2.75, 3.05) is 0 Å². The van der Waals surface area contributed by atoms with E-state index in [0.717, 1.165) is 43.2 Å². The van der Waals surface area contributed by atoms with Crippen LogP contribution in [0.1, 0.15) is 83.3 Å². The number of phenolic OH excluding ortho intramolecular Hbond substituents is 1. The van der Waals surface area contributed by atoms with Crippen molar-refractivity contribution in [3.8, 4) is 18.1 Å². The predicted octanol–water partition coefficient (Wildman–Crippen LogP) is 5.58. The summed E-state index contributed by atoms with van der Waals surface area (Å²) in [6, 6.07) is 6.15. The van der Waals surface area contributed by atoms with E-state index in [2.05, 4.69) is 45.7 Å². The average molecular weight is 353 g/mol. The minimum atomic E-state index is 0.00777. The zero-order valence-corrected chi connectivity index (χ0v) is 16.6. The highest BCUT2D eigenvalue weighted by atomic mass is 16.3. The van der Waals surface area contributed by atoms with Crippen molar-refractivity contribution in [3.63, 3.8) is 0 Å². The molecular formula is C24H32O2. The first-order valence-electron chi connectivity index (χ1n) is 9.98. The summed E-state index contributed by atoms with van der Waals surface area (Å²) in [5, 5.41) is 10.8. The molecule has 4 rings (SSSR count). The molecule has 140 valence electrons. The molecule has 1 aromatic rings. The molecule has 0 radical (unpaired) electrons. The van der Waals surface area contributed by atoms with Gasteiger partial charge in [-0.1, -0.05) is 46.2 Å². The average Bonchev–Trinajstić information content (AvgIpc) is 2.57. The van der Waals surface area contributed by atoms with Gasteiger partial charge in [0, 0.05) is 18.8 Å². The first-order chi connectivity index (χ1) is 12.2. The molecule has 3 saturated carbocycles. The number of hydrogen-bond donors (Lipinski definition) is 1. The molecule has 3 aliphatic rings. The number of terminal acetylenes is 1. The highest BCUT2D eigenvalue weighted by molar-refractivity contribution is 5.86. The lowest BCUT2D eigenvalue weighted by Gasteiger charge is -2.59. The molecule has 3 aliphatic carbocycles. The highest BCUT2D eigenvalue weighted by Gasteiger charge is 2.58. The van der Waals surface area contributed by atoms with Crippen LogP contribution < -0.4 is 0 Å². The van der Waals surface area contributed by atoms with Gasteiger partial charge in [0.25, 0.3) is 0 Å². The van der Waals surface area contributed by atoms with Gasteiger partial charge in [0.2, 0.25) is 0 Å². The SMILES string of the molecule is C#CCCCCC(C)(C)c1ccc([C@H]2CC(=O)C3C[C@@H]2C3(C)C)c(O)c1. The Morgan fingerprint density at radius 3 is 2.62 bits per heavy atom. The molecule has 0 saturated heterocycles. The van der Waals surface area contributed by atoms with Crippen molar-refractivity contribution in [1.29, 1.82) is 0 Å². The monoisotopic (exact) mass is 352 g/mol. The van der Waals surface area contributed by atoms with Crippen LogP contribution in [0.15, 0.2) is 18.2 Å². The van der Waals surface area contributed by atoms with Crippen LogP contribution in [-0.2, 0) is 10.2 Å². The van der Waals surface area contributed by atoms with E-state index in [0.29, 0.717) is 23.9 Å². The van der Waals surface area contributed by atoms with Gasteiger partial charge in [-0.15, -0.1) is 12.3 Å². The number of benzene rings is 1. The molecule has 2 bridgehead atoms. The molecule has 0 heterocycles. The fourth-order valence-corrected chi connectivity index (χ4v) is 5.23. The van der Waals surface area contributed by atoms with Crippen molar-refractivity contribution < 1.29 is 9.90 Å². The number of rotatable bonds is 6. The Labute approximate surface area is 158 Å². The number of unbranched alkanes of at least 4 members (excludes halogenated alkanes) is 2. The van der Waals surface area contributed by atoms with Gasteiger partial charge in [0.1, 0.15) is 11.5 Å². The van der Waals surface area contributed by atoms with Gasteiger partial charge in [-0.3, -0.25) is 4.79 Å². The minimum Gasteiger partial charge on any atom is -0.508 e. The molecule has 0 aromatic heterocycles. The molecule has 0 amide bonds. The Hall–Kier alpha value is -1.75. The lowest BCUT2D eigenvalue weighted by molar-refractivity contribution is -0.151. The third-order valence-corrected chi connectivity index (χ3v) is 7.22. The lowest BCUT2D eigenvalue weighted by Crippen LogP contribution is -2.56. The Balaban J connectivity index is 1.78. The number of carbonyl (C=O) groups is 1. The Morgan fingerprint density at radius 1 is 1.31 bits per heavy atom. The normalized spacial score (nSPS) is 26.9. The van der Waals surface area contributed by atoms with E-state index >= 15 is 0 Å². The summed E-state index contributed by atoms with van der Waals surface area (Å²) in [6.45, 7) is 8.86. The van der Waals surface area contributed by atoms with E-state index < -0.39 is 0 Å². The summed E-state index contributed by atoms with van der Waals surface area (Å²) in [5.74, 6) is 4.32. The minimum absolute atomic E-state index is 0.00777. The quantitative estimate of drug-likeness (QED) is 0.536. The van der Waals surface area contributed by atoms with Crippen LogP contribution in [0.25, 0.3) is 0 Å². The third kappa shape index (κ3) is 3.18. The van der Waals surface area contributed by atoms with E-state index in [1.807, 2.05) is 6.07 Å². The lowest BCUT2D eigenvalue weighted by atomic mass is 9.44. The van der Waals surface area contributed by atoms with Gasteiger partial charge in [0.15, 0.2) is 0 Å². The Kier molecular flexibility index (Phi) is 4.95. The molecular weight excluding hydrogens is 320 g/mol. The molecule has 2 heteroatoms. The molecule has 1 aromatic carbocycles. The first kappa shape index (κ1) is 19.0. The van der Waals surface area contributed by atoms with Crippen molar-refractivity contribution in [2.45, 2.75) is 77.6 Å². The van der Waals surface area contributed by atoms with E-state index in [4.69, 9.17) is 6.42 Å². The zero-order chi connectivity index (χ0) is 19.1. The summed E-state index contributed by atoms with van der Waals surface area (Å²) in [7, 11) is 0. The van der Waals surface area contributed by atoms with E-state index in [1.54, 1.807) is 0 Å². The maximum Gasteiger partial charge on any atom is 0.137 e. The van der Waals surface area contributed by atoms with E-state index in [-0.39, 0.29) is 22.7 Å². The van der Waals surface area contributed by atoms with Gasteiger partial charge < -0.3 is 5.11 Å². The van der Waals surface area contributed by atoms with Gasteiger partial charge in [-0.2, -0.15) is 0 Å². The number of carbonyl (C=O) groups excluding carboxylic acids is 1. The van der Waals surface area contributed by atoms with Gasteiger partial charge in [0.05, 0.1) is 0 Å². The third-order valence-electron chi connectivity index (χ3n) is 7.22. The van der Waals surface area contributed by atoms with Crippen LogP contribution in [0.3, 0.4) is 0 Å². The van der Waals surface area contributed by atoms with E-state index in [1.165, 1.54) is 0 Å². The van der Waals surface area contributed by atoms with Gasteiger partial charge in [-0.05, 0) is 59.1 Å². The van der Waals surface area contributed by atoms with Crippen LogP contribution in [-0.4, -0.2) is 10.9 Å². The summed E-state index contributed by atoms with van der Waals surface area (Å²) < 4.78 is 0. The summed E-state index contributed by atoms with van der Waals surface area (Å²) in [6.07, 6.45) is 10.9. The fraction of sp³-hybridized carbons (Fsp3) is 0.625. The van der Waals surface area contributed by atoms with Gasteiger partial charge >= 0.3 is 0 Å². The Morgan fingerprint density at radius 2 is 2.04 bits per heavy atom. The number of hydrogen-bond acceptors (Lipinski definition) is 2. The van der Waals surface area contributed by atoms with Crippen molar-refractivity contribution >= 4 is 5.78 Å². The number of fused-ring (bicyclic) bond motifs is 2. The molecule has 2 nitrogen and oxygen atoms in total. The number of Topliss-reactive ketones (excluding diaryl/α,β-unsaturated/α-hetero) is 1.